The van der Waals surface area contributed by atoms with Crippen LogP contribution in [-0.4, -0.2) is 29.0 Å². The van der Waals surface area contributed by atoms with E-state index in [2.05, 4.69) is 27.7 Å². The minimum Gasteiger partial charge on any atom is -0.507 e. The zero-order chi connectivity index (χ0) is 24.5. The Hall–Kier alpha value is -4.72. The molecule has 0 saturated carbocycles. The molecule has 0 aliphatic heterocycles. The Kier molecular flexibility index (Phi) is 7.91. The van der Waals surface area contributed by atoms with Crippen LogP contribution in [0.15, 0.2) is 84.5 Å². The van der Waals surface area contributed by atoms with Gasteiger partial charge in [0.15, 0.2) is 0 Å². The molecule has 172 valence electrons. The van der Waals surface area contributed by atoms with Crippen molar-refractivity contribution in [2.75, 3.05) is 10.6 Å². The highest BCUT2D eigenvalue weighted by Crippen LogP contribution is 2.21. The van der Waals surface area contributed by atoms with Gasteiger partial charge in [0, 0.05) is 11.3 Å². The number of hydrogen-bond acceptors (Lipinski definition) is 5. The number of rotatable bonds is 7. The van der Waals surface area contributed by atoms with Gasteiger partial charge in [0.05, 0.1) is 17.5 Å². The van der Waals surface area contributed by atoms with Gasteiger partial charge in [-0.25, -0.2) is 5.43 Å². The van der Waals surface area contributed by atoms with Crippen LogP contribution < -0.4 is 16.1 Å². The normalized spacial score (nSPS) is 10.5. The summed E-state index contributed by atoms with van der Waals surface area (Å²) < 4.78 is 0. The second-order valence-corrected chi connectivity index (χ2v) is 7.37. The number of para-hydroxylation sites is 2. The Labute approximate surface area is 197 Å². The van der Waals surface area contributed by atoms with Crippen molar-refractivity contribution in [3.8, 4) is 5.75 Å². The van der Waals surface area contributed by atoms with Crippen molar-refractivity contribution >= 4 is 35.3 Å². The number of carbonyl (C=O) groups excluding carboxylic acids is 3. The lowest BCUT2D eigenvalue weighted by molar-refractivity contribution is -0.136. The Balaban J connectivity index is 1.65. The third kappa shape index (κ3) is 6.17. The maximum atomic E-state index is 12.7. The number of aromatic hydroxyl groups is 1. The second kappa shape index (κ2) is 11.2. The van der Waals surface area contributed by atoms with Crippen LogP contribution in [0, 0.1) is 6.92 Å². The summed E-state index contributed by atoms with van der Waals surface area (Å²) in [6.07, 6.45) is 3.36. The fraction of sp³-hybridized carbons (Fsp3) is 0.0769. The Morgan fingerprint density at radius 3 is 2.50 bits per heavy atom. The van der Waals surface area contributed by atoms with Crippen molar-refractivity contribution in [1.29, 1.82) is 0 Å². The lowest BCUT2D eigenvalue weighted by Crippen LogP contribution is -2.33. The van der Waals surface area contributed by atoms with E-state index in [1.165, 1.54) is 18.3 Å². The number of phenolic OH excluding ortho intramolecular Hbond substituents is 1. The first kappa shape index (κ1) is 23.9. The highest BCUT2D eigenvalue weighted by Gasteiger charge is 2.18. The standard InChI is InChI=1S/C26H24N4O4/c1-3-8-18-10-7-11-19(23(18)31)16-27-30-26(34)25(33)29-22-14-5-4-13-21(22)24(32)28-20-12-6-9-17(2)15-20/h3-7,9-16,31H,1,8H2,2H3,(H,28,32)(H,29,33)(H,30,34). The summed E-state index contributed by atoms with van der Waals surface area (Å²) in [6, 6.07) is 18.7. The molecular formula is C26H24N4O4. The summed E-state index contributed by atoms with van der Waals surface area (Å²) in [5.74, 6) is -2.46. The maximum Gasteiger partial charge on any atom is 0.329 e. The van der Waals surface area contributed by atoms with Crippen LogP contribution in [0.2, 0.25) is 0 Å². The molecule has 0 aliphatic carbocycles. The highest BCUT2D eigenvalue weighted by molar-refractivity contribution is 6.40. The van der Waals surface area contributed by atoms with Crippen LogP contribution in [0.25, 0.3) is 0 Å². The van der Waals surface area contributed by atoms with Gasteiger partial charge in [-0.2, -0.15) is 5.10 Å². The number of carbonyl (C=O) groups is 3. The fourth-order valence-corrected chi connectivity index (χ4v) is 3.14. The molecule has 0 aromatic heterocycles. The van der Waals surface area contributed by atoms with Gasteiger partial charge in [-0.15, -0.1) is 6.58 Å². The molecule has 8 heteroatoms. The van der Waals surface area contributed by atoms with E-state index in [0.29, 0.717) is 23.2 Å². The van der Waals surface area contributed by atoms with E-state index in [0.717, 1.165) is 5.56 Å². The topological polar surface area (TPSA) is 120 Å². The molecule has 3 amide bonds. The lowest BCUT2D eigenvalue weighted by atomic mass is 10.1. The number of benzene rings is 3. The zero-order valence-corrected chi connectivity index (χ0v) is 18.5. The molecule has 0 aliphatic rings. The minimum atomic E-state index is -1.04. The summed E-state index contributed by atoms with van der Waals surface area (Å²) in [5.41, 5.74) is 5.10. The quantitative estimate of drug-likeness (QED) is 0.187. The number of anilines is 2. The number of aryl methyl sites for hydroxylation is 1. The van der Waals surface area contributed by atoms with Crippen LogP contribution >= 0.6 is 0 Å². The van der Waals surface area contributed by atoms with Crippen molar-refractivity contribution in [2.24, 2.45) is 5.10 Å². The molecule has 4 N–H and O–H groups in total. The number of nitrogens with one attached hydrogen (secondary N) is 3. The molecular weight excluding hydrogens is 432 g/mol. The van der Waals surface area contributed by atoms with Gasteiger partial charge in [0.2, 0.25) is 0 Å². The van der Waals surface area contributed by atoms with Gasteiger partial charge in [0.1, 0.15) is 5.75 Å². The number of hydrogen-bond donors (Lipinski definition) is 4. The van der Waals surface area contributed by atoms with E-state index in [4.69, 9.17) is 0 Å². The van der Waals surface area contributed by atoms with E-state index in [-0.39, 0.29) is 17.0 Å². The van der Waals surface area contributed by atoms with Crippen LogP contribution in [0.4, 0.5) is 11.4 Å². The van der Waals surface area contributed by atoms with Crippen molar-refractivity contribution in [3.63, 3.8) is 0 Å². The number of hydrazone groups is 1. The Morgan fingerprint density at radius 1 is 0.971 bits per heavy atom. The average molecular weight is 457 g/mol. The van der Waals surface area contributed by atoms with E-state index in [1.54, 1.807) is 42.5 Å². The zero-order valence-electron chi connectivity index (χ0n) is 18.5. The number of allylic oxidation sites excluding steroid dienone is 1. The fourth-order valence-electron chi connectivity index (χ4n) is 3.14. The summed E-state index contributed by atoms with van der Waals surface area (Å²) in [7, 11) is 0. The number of nitrogens with zero attached hydrogens (tertiary/aromatic N) is 1. The van der Waals surface area contributed by atoms with Gasteiger partial charge in [0.25, 0.3) is 5.91 Å². The Morgan fingerprint density at radius 2 is 1.74 bits per heavy atom. The van der Waals surface area contributed by atoms with Crippen LogP contribution in [0.1, 0.15) is 27.0 Å². The number of amides is 3. The molecule has 0 saturated heterocycles. The summed E-state index contributed by atoms with van der Waals surface area (Å²) in [6.45, 7) is 5.54. The van der Waals surface area contributed by atoms with Crippen LogP contribution in [0.5, 0.6) is 5.75 Å². The predicted molar refractivity (Wildman–Crippen MR) is 132 cm³/mol. The molecule has 0 fully saturated rings. The van der Waals surface area contributed by atoms with E-state index < -0.39 is 17.7 Å². The van der Waals surface area contributed by atoms with Crippen LogP contribution in [0.3, 0.4) is 0 Å². The monoisotopic (exact) mass is 456 g/mol. The first-order chi connectivity index (χ1) is 16.4. The van der Waals surface area contributed by atoms with Gasteiger partial charge in [-0.05, 0) is 54.8 Å². The molecule has 0 bridgehead atoms. The van der Waals surface area contributed by atoms with Gasteiger partial charge in [-0.1, -0.05) is 42.5 Å². The molecule has 3 aromatic rings. The van der Waals surface area contributed by atoms with Crippen molar-refractivity contribution in [2.45, 2.75) is 13.3 Å². The van der Waals surface area contributed by atoms with Gasteiger partial charge >= 0.3 is 11.8 Å². The van der Waals surface area contributed by atoms with Crippen molar-refractivity contribution < 1.29 is 19.5 Å². The maximum absolute atomic E-state index is 12.7. The van der Waals surface area contributed by atoms with E-state index in [1.807, 2.05) is 25.1 Å². The minimum absolute atomic E-state index is 0.0124. The summed E-state index contributed by atoms with van der Waals surface area (Å²) in [4.78, 5) is 37.3. The molecule has 3 aromatic carbocycles. The van der Waals surface area contributed by atoms with E-state index in [9.17, 15) is 19.5 Å². The molecule has 8 nitrogen and oxygen atoms in total. The SMILES string of the molecule is C=CCc1cccc(C=NNC(=O)C(=O)Nc2ccccc2C(=O)Nc2cccc(C)c2)c1O. The van der Waals surface area contributed by atoms with Crippen molar-refractivity contribution in [1.82, 2.24) is 5.43 Å². The third-order valence-corrected chi connectivity index (χ3v) is 4.79. The van der Waals surface area contributed by atoms with E-state index >= 15 is 0 Å². The average Bonchev–Trinajstić information content (AvgIpc) is 2.81. The number of phenols is 1. The summed E-state index contributed by atoms with van der Waals surface area (Å²) in [5, 5.41) is 19.2. The van der Waals surface area contributed by atoms with Gasteiger partial charge in [-0.3, -0.25) is 14.4 Å². The van der Waals surface area contributed by atoms with Crippen molar-refractivity contribution in [3.05, 3.63) is 102 Å². The smallest absolute Gasteiger partial charge is 0.329 e. The lowest BCUT2D eigenvalue weighted by Gasteiger charge is -2.11. The Bertz CT molecular complexity index is 1270. The van der Waals surface area contributed by atoms with Gasteiger partial charge < -0.3 is 15.7 Å². The first-order valence-electron chi connectivity index (χ1n) is 10.4. The molecule has 0 atom stereocenters. The molecule has 3 rings (SSSR count). The highest BCUT2D eigenvalue weighted by atomic mass is 16.3. The molecule has 34 heavy (non-hydrogen) atoms. The molecule has 0 heterocycles. The van der Waals surface area contributed by atoms with Crippen LogP contribution in [-0.2, 0) is 16.0 Å². The summed E-state index contributed by atoms with van der Waals surface area (Å²) >= 11 is 0. The molecule has 0 spiro atoms. The molecule has 0 radical (unpaired) electrons. The predicted octanol–water partition coefficient (Wildman–Crippen LogP) is 3.77. The largest absolute Gasteiger partial charge is 0.507 e. The second-order valence-electron chi connectivity index (χ2n) is 7.37. The third-order valence-electron chi connectivity index (χ3n) is 4.79. The molecule has 0 unspecified atom stereocenters. The first-order valence-corrected chi connectivity index (χ1v) is 10.4.